The van der Waals surface area contributed by atoms with Crippen molar-refractivity contribution in [1.82, 2.24) is 14.9 Å². The lowest BCUT2D eigenvalue weighted by molar-refractivity contribution is 0.249. The van der Waals surface area contributed by atoms with Crippen LogP contribution in [0.15, 0.2) is 48.8 Å². The Balaban J connectivity index is 1.48. The van der Waals surface area contributed by atoms with Gasteiger partial charge in [-0.15, -0.1) is 0 Å². The predicted molar refractivity (Wildman–Crippen MR) is 108 cm³/mol. The van der Waals surface area contributed by atoms with Crippen molar-refractivity contribution in [2.24, 2.45) is 0 Å². The van der Waals surface area contributed by atoms with E-state index in [0.29, 0.717) is 22.8 Å². The van der Waals surface area contributed by atoms with Crippen LogP contribution in [-0.2, 0) is 0 Å². The first kappa shape index (κ1) is 17.7. The lowest BCUT2D eigenvalue weighted by atomic mass is 10.0. The van der Waals surface area contributed by atoms with Crippen LogP contribution in [0.3, 0.4) is 0 Å². The molecule has 1 saturated heterocycles. The molecule has 27 heavy (non-hydrogen) atoms. The molecule has 1 fully saturated rings. The van der Waals surface area contributed by atoms with Crippen LogP contribution in [0.5, 0.6) is 0 Å². The Bertz CT molecular complexity index is 918. The first-order valence-corrected chi connectivity index (χ1v) is 9.29. The van der Waals surface area contributed by atoms with E-state index in [4.69, 9.17) is 0 Å². The molecule has 1 aliphatic rings. The molecule has 1 N–H and O–H groups in total. The van der Waals surface area contributed by atoms with Crippen molar-refractivity contribution in [3.63, 3.8) is 0 Å². The van der Waals surface area contributed by atoms with Crippen LogP contribution in [0.4, 0.5) is 21.6 Å². The van der Waals surface area contributed by atoms with Crippen LogP contribution in [0.1, 0.15) is 12.8 Å². The number of hydrogen-bond acceptors (Lipinski definition) is 5. The Labute approximate surface area is 158 Å². The SMILES string of the molecule is CN(C)C1CCN(c2ccc(Nc3ncnc4ccc(F)cc34)cc2)CC1. The molecule has 0 amide bonds. The number of fused-ring (bicyclic) bond motifs is 1. The van der Waals surface area contributed by atoms with Crippen molar-refractivity contribution in [2.45, 2.75) is 18.9 Å². The molecule has 6 heteroatoms. The number of nitrogens with one attached hydrogen (secondary N) is 1. The van der Waals surface area contributed by atoms with E-state index in [0.717, 1.165) is 18.8 Å². The summed E-state index contributed by atoms with van der Waals surface area (Å²) < 4.78 is 13.6. The number of rotatable bonds is 4. The summed E-state index contributed by atoms with van der Waals surface area (Å²) in [5.74, 6) is 0.316. The van der Waals surface area contributed by atoms with Crippen LogP contribution in [0, 0.1) is 5.82 Å². The number of hydrogen-bond donors (Lipinski definition) is 1. The lowest BCUT2D eigenvalue weighted by Gasteiger charge is -2.36. The van der Waals surface area contributed by atoms with Gasteiger partial charge in [0, 0.05) is 35.9 Å². The number of benzene rings is 2. The second kappa shape index (κ2) is 7.48. The summed E-state index contributed by atoms with van der Waals surface area (Å²) >= 11 is 0. The van der Waals surface area contributed by atoms with E-state index in [9.17, 15) is 4.39 Å². The van der Waals surface area contributed by atoms with E-state index in [1.807, 2.05) is 12.1 Å². The molecule has 2 aromatic carbocycles. The highest BCUT2D eigenvalue weighted by atomic mass is 19.1. The van der Waals surface area contributed by atoms with E-state index < -0.39 is 0 Å². The summed E-state index contributed by atoms with van der Waals surface area (Å²) in [6, 6.07) is 13.5. The fourth-order valence-electron chi connectivity index (χ4n) is 3.66. The quantitative estimate of drug-likeness (QED) is 0.756. The molecule has 0 atom stereocenters. The zero-order valence-corrected chi connectivity index (χ0v) is 15.7. The normalized spacial score (nSPS) is 15.5. The number of halogens is 1. The number of piperidine rings is 1. The summed E-state index contributed by atoms with van der Waals surface area (Å²) in [6.45, 7) is 2.15. The van der Waals surface area contributed by atoms with Crippen LogP contribution in [0.2, 0.25) is 0 Å². The van der Waals surface area contributed by atoms with Crippen molar-refractivity contribution >= 4 is 28.1 Å². The third-order valence-electron chi connectivity index (χ3n) is 5.29. The first-order valence-electron chi connectivity index (χ1n) is 9.29. The summed E-state index contributed by atoms with van der Waals surface area (Å²) in [6.07, 6.45) is 3.86. The van der Waals surface area contributed by atoms with Gasteiger partial charge in [0.2, 0.25) is 0 Å². The minimum atomic E-state index is -0.295. The van der Waals surface area contributed by atoms with E-state index in [1.54, 1.807) is 6.07 Å². The highest BCUT2D eigenvalue weighted by Gasteiger charge is 2.20. The lowest BCUT2D eigenvalue weighted by Crippen LogP contribution is -2.41. The molecule has 0 aliphatic carbocycles. The molecular weight excluding hydrogens is 341 g/mol. The van der Waals surface area contributed by atoms with Crippen LogP contribution >= 0.6 is 0 Å². The summed E-state index contributed by atoms with van der Waals surface area (Å²) in [4.78, 5) is 13.2. The Morgan fingerprint density at radius 3 is 2.48 bits per heavy atom. The molecule has 0 spiro atoms. The van der Waals surface area contributed by atoms with Gasteiger partial charge in [0.15, 0.2) is 0 Å². The van der Waals surface area contributed by atoms with Gasteiger partial charge in [-0.05, 0) is 69.4 Å². The predicted octanol–water partition coefficient (Wildman–Crippen LogP) is 4.04. The van der Waals surface area contributed by atoms with Gasteiger partial charge in [0.1, 0.15) is 18.0 Å². The largest absolute Gasteiger partial charge is 0.371 e. The fourth-order valence-corrected chi connectivity index (χ4v) is 3.66. The van der Waals surface area contributed by atoms with Crippen LogP contribution < -0.4 is 10.2 Å². The standard InChI is InChI=1S/C21H24FN5/c1-26(2)17-9-11-27(12-10-17)18-6-4-16(5-7-18)25-21-19-13-15(22)3-8-20(19)23-14-24-21/h3-8,13-14,17H,9-12H2,1-2H3,(H,23,24,25). The van der Waals surface area contributed by atoms with Crippen LogP contribution in [0.25, 0.3) is 10.9 Å². The van der Waals surface area contributed by atoms with Gasteiger partial charge in [-0.25, -0.2) is 14.4 Å². The zero-order valence-electron chi connectivity index (χ0n) is 15.7. The topological polar surface area (TPSA) is 44.3 Å². The summed E-state index contributed by atoms with van der Waals surface area (Å²) in [5, 5.41) is 3.96. The molecule has 0 radical (unpaired) electrons. The average molecular weight is 365 g/mol. The molecular formula is C21H24FN5. The van der Waals surface area contributed by atoms with E-state index in [2.05, 4.69) is 51.3 Å². The third-order valence-corrected chi connectivity index (χ3v) is 5.29. The number of anilines is 3. The zero-order chi connectivity index (χ0) is 18.8. The van der Waals surface area contributed by atoms with Gasteiger partial charge < -0.3 is 15.1 Å². The second-order valence-corrected chi connectivity index (χ2v) is 7.24. The molecule has 2 heterocycles. The second-order valence-electron chi connectivity index (χ2n) is 7.24. The molecule has 1 aliphatic heterocycles. The first-order chi connectivity index (χ1) is 13.1. The van der Waals surface area contributed by atoms with Crippen molar-refractivity contribution in [1.29, 1.82) is 0 Å². The molecule has 4 rings (SSSR count). The van der Waals surface area contributed by atoms with Crippen molar-refractivity contribution in [3.8, 4) is 0 Å². The Hall–Kier alpha value is -2.73. The Morgan fingerprint density at radius 1 is 1.04 bits per heavy atom. The molecule has 5 nitrogen and oxygen atoms in total. The van der Waals surface area contributed by atoms with Crippen molar-refractivity contribution in [3.05, 3.63) is 54.6 Å². The van der Waals surface area contributed by atoms with E-state index in [-0.39, 0.29) is 5.82 Å². The van der Waals surface area contributed by atoms with E-state index in [1.165, 1.54) is 37.0 Å². The Kier molecular flexibility index (Phi) is 4.90. The molecule has 140 valence electrons. The maximum Gasteiger partial charge on any atom is 0.141 e. The molecule has 0 bridgehead atoms. The maximum absolute atomic E-state index is 13.6. The smallest absolute Gasteiger partial charge is 0.141 e. The fraction of sp³-hybridized carbons (Fsp3) is 0.333. The van der Waals surface area contributed by atoms with Crippen molar-refractivity contribution in [2.75, 3.05) is 37.4 Å². The van der Waals surface area contributed by atoms with Gasteiger partial charge in [-0.2, -0.15) is 0 Å². The Morgan fingerprint density at radius 2 is 1.78 bits per heavy atom. The minimum absolute atomic E-state index is 0.295. The van der Waals surface area contributed by atoms with Gasteiger partial charge in [0.05, 0.1) is 5.52 Å². The molecule has 0 unspecified atom stereocenters. The van der Waals surface area contributed by atoms with Gasteiger partial charge in [-0.3, -0.25) is 0 Å². The highest BCUT2D eigenvalue weighted by Crippen LogP contribution is 2.27. The monoisotopic (exact) mass is 365 g/mol. The summed E-state index contributed by atoms with van der Waals surface area (Å²) in [7, 11) is 4.31. The van der Waals surface area contributed by atoms with Crippen LogP contribution in [-0.4, -0.2) is 48.1 Å². The maximum atomic E-state index is 13.6. The molecule has 1 aromatic heterocycles. The summed E-state index contributed by atoms with van der Waals surface area (Å²) in [5.41, 5.74) is 2.87. The van der Waals surface area contributed by atoms with Gasteiger partial charge in [0.25, 0.3) is 0 Å². The average Bonchev–Trinajstić information content (AvgIpc) is 2.69. The number of nitrogens with zero attached hydrogens (tertiary/aromatic N) is 4. The van der Waals surface area contributed by atoms with Gasteiger partial charge >= 0.3 is 0 Å². The van der Waals surface area contributed by atoms with Crippen molar-refractivity contribution < 1.29 is 4.39 Å². The molecule has 0 saturated carbocycles. The number of aromatic nitrogens is 2. The molecule has 3 aromatic rings. The highest BCUT2D eigenvalue weighted by molar-refractivity contribution is 5.90. The third kappa shape index (κ3) is 3.85. The van der Waals surface area contributed by atoms with E-state index >= 15 is 0 Å². The van der Waals surface area contributed by atoms with Gasteiger partial charge in [-0.1, -0.05) is 0 Å². The minimum Gasteiger partial charge on any atom is -0.371 e.